The van der Waals surface area contributed by atoms with E-state index >= 15 is 0 Å². The van der Waals surface area contributed by atoms with Crippen molar-refractivity contribution in [3.63, 3.8) is 0 Å². The SMILES string of the molecule is N[C@@H](Cc1cnc[nH]1)C(=O)N1CCC(c2[nH]ncc2-c2cccc(F)c2)CC1. The summed E-state index contributed by atoms with van der Waals surface area (Å²) in [6, 6.07) is 5.95. The van der Waals surface area contributed by atoms with Crippen molar-refractivity contribution in [2.45, 2.75) is 31.2 Å². The van der Waals surface area contributed by atoms with E-state index in [0.717, 1.165) is 35.4 Å². The molecule has 1 aliphatic heterocycles. The Kier molecular flexibility index (Phi) is 5.21. The third-order valence-corrected chi connectivity index (χ3v) is 5.33. The van der Waals surface area contributed by atoms with Crippen LogP contribution >= 0.6 is 0 Å². The van der Waals surface area contributed by atoms with E-state index in [1.54, 1.807) is 24.8 Å². The van der Waals surface area contributed by atoms with E-state index in [1.807, 2.05) is 11.0 Å². The Labute approximate surface area is 162 Å². The third-order valence-electron chi connectivity index (χ3n) is 5.33. The fraction of sp³-hybridized carbons (Fsp3) is 0.350. The number of nitrogens with one attached hydrogen (secondary N) is 2. The first-order valence-corrected chi connectivity index (χ1v) is 9.42. The number of likely N-dealkylation sites (tertiary alicyclic amines) is 1. The van der Waals surface area contributed by atoms with E-state index in [-0.39, 0.29) is 17.6 Å². The molecule has 28 heavy (non-hydrogen) atoms. The van der Waals surface area contributed by atoms with Crippen molar-refractivity contribution in [2.75, 3.05) is 13.1 Å². The maximum atomic E-state index is 13.6. The van der Waals surface area contributed by atoms with Gasteiger partial charge in [0.1, 0.15) is 5.82 Å². The lowest BCUT2D eigenvalue weighted by Gasteiger charge is -2.33. The van der Waals surface area contributed by atoms with E-state index in [9.17, 15) is 9.18 Å². The standard InChI is InChI=1S/C20H23FN6O/c21-15-3-1-2-14(8-15)17-11-25-26-19(17)13-4-6-27(7-5-13)20(28)18(22)9-16-10-23-12-24-16/h1-3,8,10-13,18H,4-7,9,22H2,(H,23,24)(H,25,26)/t18-/m0/s1. The van der Waals surface area contributed by atoms with Crippen LogP contribution in [0, 0.1) is 5.82 Å². The van der Waals surface area contributed by atoms with Gasteiger partial charge in [-0.15, -0.1) is 0 Å². The second-order valence-corrected chi connectivity index (χ2v) is 7.19. The molecule has 0 unspecified atom stereocenters. The number of carbonyl (C=O) groups is 1. The summed E-state index contributed by atoms with van der Waals surface area (Å²) >= 11 is 0. The van der Waals surface area contributed by atoms with Gasteiger partial charge in [0.05, 0.1) is 18.6 Å². The minimum atomic E-state index is -0.577. The molecule has 4 rings (SSSR count). The van der Waals surface area contributed by atoms with Crippen molar-refractivity contribution >= 4 is 5.91 Å². The number of halogens is 1. The summed E-state index contributed by atoms with van der Waals surface area (Å²) in [4.78, 5) is 21.4. The molecule has 3 aromatic rings. The first-order chi connectivity index (χ1) is 13.6. The Balaban J connectivity index is 1.40. The lowest BCUT2D eigenvalue weighted by Crippen LogP contribution is -2.47. The van der Waals surface area contributed by atoms with Gasteiger partial charge in [0.15, 0.2) is 0 Å². The maximum Gasteiger partial charge on any atom is 0.239 e. The Morgan fingerprint density at radius 1 is 1.32 bits per heavy atom. The van der Waals surface area contributed by atoms with Gasteiger partial charge < -0.3 is 15.6 Å². The second-order valence-electron chi connectivity index (χ2n) is 7.19. The predicted molar refractivity (Wildman–Crippen MR) is 103 cm³/mol. The summed E-state index contributed by atoms with van der Waals surface area (Å²) in [7, 11) is 0. The van der Waals surface area contributed by atoms with Crippen LogP contribution in [0.1, 0.15) is 30.1 Å². The quantitative estimate of drug-likeness (QED) is 0.629. The number of rotatable bonds is 5. The Morgan fingerprint density at radius 3 is 2.86 bits per heavy atom. The molecular weight excluding hydrogens is 359 g/mol. The second kappa shape index (κ2) is 7.93. The van der Waals surface area contributed by atoms with E-state index in [0.29, 0.717) is 19.5 Å². The summed E-state index contributed by atoms with van der Waals surface area (Å²) in [5.41, 5.74) is 9.67. The van der Waals surface area contributed by atoms with Crippen LogP contribution in [-0.4, -0.2) is 50.1 Å². The lowest BCUT2D eigenvalue weighted by molar-refractivity contribution is -0.133. The molecule has 1 fully saturated rings. The average Bonchev–Trinajstić information content (AvgIpc) is 3.39. The Bertz CT molecular complexity index is 930. The summed E-state index contributed by atoms with van der Waals surface area (Å²) < 4.78 is 13.6. The molecule has 3 heterocycles. The zero-order chi connectivity index (χ0) is 19.5. The molecule has 7 nitrogen and oxygen atoms in total. The number of hydrogen-bond donors (Lipinski definition) is 3. The van der Waals surface area contributed by atoms with Crippen molar-refractivity contribution in [1.82, 2.24) is 25.1 Å². The molecule has 146 valence electrons. The molecule has 4 N–H and O–H groups in total. The molecule has 0 aliphatic carbocycles. The monoisotopic (exact) mass is 382 g/mol. The van der Waals surface area contributed by atoms with E-state index in [2.05, 4.69) is 20.2 Å². The predicted octanol–water partition coefficient (Wildman–Crippen LogP) is 2.21. The van der Waals surface area contributed by atoms with Crippen molar-refractivity contribution < 1.29 is 9.18 Å². The highest BCUT2D eigenvalue weighted by molar-refractivity contribution is 5.82. The molecule has 1 aromatic carbocycles. The van der Waals surface area contributed by atoms with E-state index < -0.39 is 6.04 Å². The Morgan fingerprint density at radius 2 is 2.14 bits per heavy atom. The van der Waals surface area contributed by atoms with Crippen LogP contribution < -0.4 is 5.73 Å². The van der Waals surface area contributed by atoms with Crippen LogP contribution in [0.25, 0.3) is 11.1 Å². The van der Waals surface area contributed by atoms with Gasteiger partial charge in [-0.25, -0.2) is 9.37 Å². The zero-order valence-corrected chi connectivity index (χ0v) is 15.4. The molecule has 1 saturated heterocycles. The van der Waals surface area contributed by atoms with Gasteiger partial charge >= 0.3 is 0 Å². The van der Waals surface area contributed by atoms with Gasteiger partial charge in [-0.05, 0) is 30.5 Å². The largest absolute Gasteiger partial charge is 0.348 e. The van der Waals surface area contributed by atoms with Crippen LogP contribution in [0.2, 0.25) is 0 Å². The third kappa shape index (κ3) is 3.82. The van der Waals surface area contributed by atoms with Crippen molar-refractivity contribution in [3.8, 4) is 11.1 Å². The fourth-order valence-corrected chi connectivity index (χ4v) is 3.84. The van der Waals surface area contributed by atoms with Gasteiger partial charge in [0.25, 0.3) is 0 Å². The number of aromatic nitrogens is 4. The number of benzene rings is 1. The molecular formula is C20H23FN6O. The molecule has 8 heteroatoms. The number of amides is 1. The zero-order valence-electron chi connectivity index (χ0n) is 15.4. The highest BCUT2D eigenvalue weighted by atomic mass is 19.1. The molecule has 0 radical (unpaired) electrons. The molecule has 0 bridgehead atoms. The Hall–Kier alpha value is -3.00. The summed E-state index contributed by atoms with van der Waals surface area (Å²) in [6.07, 6.45) is 7.08. The van der Waals surface area contributed by atoms with Crippen LogP contribution in [0.5, 0.6) is 0 Å². The number of piperidine rings is 1. The number of carbonyl (C=O) groups excluding carboxylic acids is 1. The highest BCUT2D eigenvalue weighted by Crippen LogP contribution is 2.34. The molecule has 1 atom stereocenters. The van der Waals surface area contributed by atoms with Gasteiger partial charge in [-0.2, -0.15) is 5.10 Å². The first kappa shape index (κ1) is 18.4. The summed E-state index contributed by atoms with van der Waals surface area (Å²) in [6.45, 7) is 1.28. The molecule has 1 amide bonds. The number of aromatic amines is 2. The number of H-pyrrole nitrogens is 2. The van der Waals surface area contributed by atoms with Crippen LogP contribution in [0.3, 0.4) is 0 Å². The van der Waals surface area contributed by atoms with Crippen molar-refractivity contribution in [3.05, 3.63) is 60.2 Å². The number of nitrogens with two attached hydrogens (primary N) is 1. The van der Waals surface area contributed by atoms with Crippen LogP contribution in [0.4, 0.5) is 4.39 Å². The molecule has 0 saturated carbocycles. The van der Waals surface area contributed by atoms with E-state index in [4.69, 9.17) is 5.73 Å². The lowest BCUT2D eigenvalue weighted by atomic mass is 9.89. The van der Waals surface area contributed by atoms with Gasteiger partial charge in [-0.3, -0.25) is 9.89 Å². The fourth-order valence-electron chi connectivity index (χ4n) is 3.84. The molecule has 0 spiro atoms. The highest BCUT2D eigenvalue weighted by Gasteiger charge is 2.29. The van der Waals surface area contributed by atoms with Gasteiger partial charge in [0.2, 0.25) is 5.91 Å². The number of nitrogens with zero attached hydrogens (tertiary/aromatic N) is 3. The topological polar surface area (TPSA) is 104 Å². The minimum Gasteiger partial charge on any atom is -0.348 e. The average molecular weight is 382 g/mol. The van der Waals surface area contributed by atoms with Crippen molar-refractivity contribution in [2.24, 2.45) is 5.73 Å². The van der Waals surface area contributed by atoms with Gasteiger partial charge in [-0.1, -0.05) is 12.1 Å². The van der Waals surface area contributed by atoms with Crippen molar-refractivity contribution in [1.29, 1.82) is 0 Å². The first-order valence-electron chi connectivity index (χ1n) is 9.42. The number of imidazole rings is 1. The van der Waals surface area contributed by atoms with Crippen LogP contribution in [-0.2, 0) is 11.2 Å². The smallest absolute Gasteiger partial charge is 0.239 e. The molecule has 2 aromatic heterocycles. The summed E-state index contributed by atoms with van der Waals surface area (Å²) in [5.74, 6) is -0.0621. The van der Waals surface area contributed by atoms with E-state index in [1.165, 1.54) is 12.1 Å². The minimum absolute atomic E-state index is 0.0389. The maximum absolute atomic E-state index is 13.6. The number of hydrogen-bond acceptors (Lipinski definition) is 4. The van der Waals surface area contributed by atoms with Gasteiger partial charge in [0, 0.05) is 48.6 Å². The summed E-state index contributed by atoms with van der Waals surface area (Å²) in [5, 5.41) is 7.25. The normalized spacial score (nSPS) is 16.3. The molecule has 1 aliphatic rings. The van der Waals surface area contributed by atoms with Crippen LogP contribution in [0.15, 0.2) is 43.0 Å².